The largest absolute Gasteiger partial charge is 0.350 e. The molecule has 10 rings (SSSR count). The summed E-state index contributed by atoms with van der Waals surface area (Å²) in [5.74, 6) is 0. The normalized spacial score (nSPS) is 12.1. The van der Waals surface area contributed by atoms with Crippen molar-refractivity contribution in [3.05, 3.63) is 162 Å². The number of nitrogens with zero attached hydrogens (tertiary/aromatic N) is 3. The SMILES string of the molecule is Cc1c(C[n+]2ccc3c(c2)[nH]c2ccccc23)c(C)c(C[n+]2ccc3c(c2)[nH]c2ccccc23)c(C)c1C[n+]1ccc2c(c1)[nH]c1ccccc12. The van der Waals surface area contributed by atoms with Crippen molar-refractivity contribution in [3.63, 3.8) is 0 Å². The quantitative estimate of drug-likeness (QED) is 0.150. The van der Waals surface area contributed by atoms with E-state index in [4.69, 9.17) is 0 Å². The summed E-state index contributed by atoms with van der Waals surface area (Å²) in [6, 6.07) is 32.4. The van der Waals surface area contributed by atoms with E-state index in [-0.39, 0.29) is 0 Å². The number of H-pyrrole nitrogens is 3. The van der Waals surface area contributed by atoms with Gasteiger partial charge in [-0.3, -0.25) is 0 Å². The molecule has 0 radical (unpaired) electrons. The molecule has 6 aromatic heterocycles. The zero-order valence-corrected chi connectivity index (χ0v) is 29.1. The molecule has 4 aromatic carbocycles. The molecule has 6 heterocycles. The van der Waals surface area contributed by atoms with Crippen LogP contribution >= 0.6 is 0 Å². The van der Waals surface area contributed by atoms with E-state index in [0.29, 0.717) is 0 Å². The topological polar surface area (TPSA) is 59.0 Å². The van der Waals surface area contributed by atoms with Crippen LogP contribution in [0, 0.1) is 20.8 Å². The van der Waals surface area contributed by atoms with Crippen molar-refractivity contribution in [1.29, 1.82) is 0 Å². The Hall–Kier alpha value is -6.27. The van der Waals surface area contributed by atoms with Crippen LogP contribution in [0.2, 0.25) is 0 Å². The lowest BCUT2D eigenvalue weighted by molar-refractivity contribution is -0.689. The minimum Gasteiger partial charge on any atom is -0.350 e. The number of pyridine rings is 3. The molecule has 246 valence electrons. The summed E-state index contributed by atoms with van der Waals surface area (Å²) in [6.07, 6.45) is 13.5. The smallest absolute Gasteiger partial charge is 0.193 e. The minimum atomic E-state index is 0.792. The van der Waals surface area contributed by atoms with Crippen molar-refractivity contribution in [2.24, 2.45) is 0 Å². The second kappa shape index (κ2) is 11.4. The maximum absolute atomic E-state index is 3.65. The van der Waals surface area contributed by atoms with E-state index in [9.17, 15) is 0 Å². The fourth-order valence-electron chi connectivity index (χ4n) is 8.48. The number of aromatic amines is 3. The summed E-state index contributed by atoms with van der Waals surface area (Å²) in [7, 11) is 0. The maximum Gasteiger partial charge on any atom is 0.193 e. The Morgan fingerprint density at radius 3 is 0.941 bits per heavy atom. The molecule has 51 heavy (non-hydrogen) atoms. The van der Waals surface area contributed by atoms with Gasteiger partial charge in [0.2, 0.25) is 0 Å². The van der Waals surface area contributed by atoms with Crippen LogP contribution in [-0.4, -0.2) is 15.0 Å². The van der Waals surface area contributed by atoms with Gasteiger partial charge in [-0.2, -0.15) is 13.7 Å². The van der Waals surface area contributed by atoms with E-state index in [1.807, 2.05) is 0 Å². The lowest BCUT2D eigenvalue weighted by Gasteiger charge is -2.19. The summed E-state index contributed by atoms with van der Waals surface area (Å²) in [5, 5.41) is 7.56. The van der Waals surface area contributed by atoms with Crippen LogP contribution in [0.25, 0.3) is 65.4 Å². The van der Waals surface area contributed by atoms with Gasteiger partial charge in [0.1, 0.15) is 16.6 Å². The van der Waals surface area contributed by atoms with Gasteiger partial charge >= 0.3 is 0 Å². The molecule has 0 fully saturated rings. The number of hydrogen-bond donors (Lipinski definition) is 3. The monoisotopic (exact) mass is 663 g/mol. The van der Waals surface area contributed by atoms with Crippen LogP contribution in [0.4, 0.5) is 0 Å². The van der Waals surface area contributed by atoms with Gasteiger partial charge in [0.15, 0.2) is 56.8 Å². The molecule has 0 bridgehead atoms. The van der Waals surface area contributed by atoms with Gasteiger partial charge in [0, 0.05) is 83.8 Å². The van der Waals surface area contributed by atoms with Gasteiger partial charge < -0.3 is 15.0 Å². The van der Waals surface area contributed by atoms with Gasteiger partial charge in [-0.05, 0) is 55.7 Å². The molecule has 3 N–H and O–H groups in total. The third-order valence-electron chi connectivity index (χ3n) is 11.3. The molecule has 0 aliphatic heterocycles. The van der Waals surface area contributed by atoms with Crippen LogP contribution in [0.3, 0.4) is 0 Å². The molecule has 10 aromatic rings. The number of hydrogen-bond acceptors (Lipinski definition) is 0. The standard InChI is InChI=1S/C45H36N6/c1-28-37(22-49-19-16-34-31-10-4-7-13-40(31)46-43(34)25-49)29(2)39(24-51-21-18-36-33-12-6-9-15-42(33)48-45(36)27-51)30(3)38(28)23-50-20-17-35-32-11-5-8-14-41(32)47-44(35)26-50/h4-21,25-27H,22-24H2,1-3H3/p+3. The molecule has 0 spiro atoms. The van der Waals surface area contributed by atoms with Gasteiger partial charge in [-0.25, -0.2) is 0 Å². The van der Waals surface area contributed by atoms with Crippen LogP contribution in [0.5, 0.6) is 0 Å². The van der Waals surface area contributed by atoms with Crippen LogP contribution < -0.4 is 13.7 Å². The Morgan fingerprint density at radius 1 is 0.353 bits per heavy atom. The molecular weight excluding hydrogens is 625 g/mol. The fraction of sp³-hybridized carbons (Fsp3) is 0.133. The second-order valence-electron chi connectivity index (χ2n) is 14.2. The first-order valence-corrected chi connectivity index (χ1v) is 17.8. The lowest BCUT2D eigenvalue weighted by Crippen LogP contribution is -2.38. The highest BCUT2D eigenvalue weighted by molar-refractivity contribution is 6.08. The number of nitrogens with one attached hydrogen (secondary N) is 3. The first-order chi connectivity index (χ1) is 25.0. The zero-order valence-electron chi connectivity index (χ0n) is 29.1. The summed E-state index contributed by atoms with van der Waals surface area (Å²) in [5.41, 5.74) is 15.2. The van der Waals surface area contributed by atoms with Gasteiger partial charge in [-0.15, -0.1) is 0 Å². The van der Waals surface area contributed by atoms with Crippen molar-refractivity contribution in [2.75, 3.05) is 0 Å². The van der Waals surface area contributed by atoms with Crippen molar-refractivity contribution >= 4 is 65.4 Å². The third kappa shape index (κ3) is 4.82. The highest BCUT2D eigenvalue weighted by Gasteiger charge is 2.25. The number of para-hydroxylation sites is 3. The summed E-state index contributed by atoms with van der Waals surface area (Å²) in [4.78, 5) is 10.9. The first-order valence-electron chi connectivity index (χ1n) is 17.8. The third-order valence-corrected chi connectivity index (χ3v) is 11.3. The van der Waals surface area contributed by atoms with Crippen LogP contribution in [0.15, 0.2) is 128 Å². The molecule has 0 atom stereocenters. The molecule has 0 saturated carbocycles. The zero-order chi connectivity index (χ0) is 34.2. The molecular formula is C45H39N6+3. The van der Waals surface area contributed by atoms with E-state index >= 15 is 0 Å². The Kier molecular flexibility index (Phi) is 6.62. The Balaban J connectivity index is 1.09. The van der Waals surface area contributed by atoms with Crippen molar-refractivity contribution in [3.8, 4) is 0 Å². The Morgan fingerprint density at radius 2 is 0.627 bits per heavy atom. The molecule has 0 unspecified atom stereocenters. The number of aromatic nitrogens is 6. The van der Waals surface area contributed by atoms with Gasteiger partial charge in [-0.1, -0.05) is 54.6 Å². The number of rotatable bonds is 6. The van der Waals surface area contributed by atoms with Gasteiger partial charge in [0.25, 0.3) is 0 Å². The summed E-state index contributed by atoms with van der Waals surface area (Å²) >= 11 is 0. The molecule has 6 heteroatoms. The number of fused-ring (bicyclic) bond motifs is 9. The van der Waals surface area contributed by atoms with Crippen LogP contribution in [-0.2, 0) is 19.6 Å². The van der Waals surface area contributed by atoms with E-state index in [1.165, 1.54) is 82.2 Å². The number of benzene rings is 4. The highest BCUT2D eigenvalue weighted by atomic mass is 15.0. The van der Waals surface area contributed by atoms with E-state index in [2.05, 4.69) is 178 Å². The second-order valence-corrected chi connectivity index (χ2v) is 14.2. The van der Waals surface area contributed by atoms with Crippen molar-refractivity contribution in [1.82, 2.24) is 15.0 Å². The van der Waals surface area contributed by atoms with E-state index in [0.717, 1.165) is 36.2 Å². The summed E-state index contributed by atoms with van der Waals surface area (Å²) < 4.78 is 7.01. The lowest BCUT2D eigenvalue weighted by atomic mass is 9.87. The van der Waals surface area contributed by atoms with Crippen molar-refractivity contribution < 1.29 is 13.7 Å². The Bertz CT molecular complexity index is 2650. The molecule has 0 aliphatic rings. The Labute approximate surface area is 295 Å². The van der Waals surface area contributed by atoms with Crippen molar-refractivity contribution in [2.45, 2.75) is 40.4 Å². The average Bonchev–Trinajstić information content (AvgIpc) is 3.84. The molecule has 0 saturated heterocycles. The first kappa shape index (κ1) is 29.6. The van der Waals surface area contributed by atoms with Crippen LogP contribution in [0.1, 0.15) is 33.4 Å². The molecule has 0 amide bonds. The average molecular weight is 664 g/mol. The predicted octanol–water partition coefficient (Wildman–Crippen LogP) is 8.52. The van der Waals surface area contributed by atoms with Gasteiger partial charge in [0.05, 0.1) is 0 Å². The maximum atomic E-state index is 3.65. The van der Waals surface area contributed by atoms with E-state index < -0.39 is 0 Å². The molecule has 6 nitrogen and oxygen atoms in total. The van der Waals surface area contributed by atoms with E-state index in [1.54, 1.807) is 0 Å². The predicted molar refractivity (Wildman–Crippen MR) is 206 cm³/mol. The summed E-state index contributed by atoms with van der Waals surface area (Å²) in [6.45, 7) is 9.34. The minimum absolute atomic E-state index is 0.792. The fourth-order valence-corrected chi connectivity index (χ4v) is 8.48. The molecule has 0 aliphatic carbocycles. The highest BCUT2D eigenvalue weighted by Crippen LogP contribution is 2.30.